The standard InChI is InChI=1S/C22H28ClN5O/c23-19(14-18-8-3-1-4-9-18)15-26-11-7-10-20(16-26)28-17-21(24-25-28)22(29)27-12-5-2-6-13-27/h1,3-4,8-9,14,17,20H,2,5-7,10-13,15-16H2. The molecule has 0 aliphatic carbocycles. The third-order valence-corrected chi connectivity index (χ3v) is 5.95. The highest BCUT2D eigenvalue weighted by Gasteiger charge is 2.25. The molecule has 154 valence electrons. The number of halogens is 1. The number of likely N-dealkylation sites (tertiary alicyclic amines) is 2. The van der Waals surface area contributed by atoms with E-state index in [0.717, 1.165) is 69.0 Å². The quantitative estimate of drug-likeness (QED) is 0.747. The van der Waals surface area contributed by atoms with Crippen LogP contribution in [0.15, 0.2) is 41.6 Å². The molecule has 2 aliphatic rings. The highest BCUT2D eigenvalue weighted by Crippen LogP contribution is 2.23. The molecule has 1 amide bonds. The van der Waals surface area contributed by atoms with E-state index in [1.165, 1.54) is 6.42 Å². The second-order valence-electron chi connectivity index (χ2n) is 7.97. The van der Waals surface area contributed by atoms with Crippen LogP contribution in [-0.2, 0) is 0 Å². The molecule has 4 rings (SSSR count). The third kappa shape index (κ3) is 5.25. The fourth-order valence-electron chi connectivity index (χ4n) is 4.19. The summed E-state index contributed by atoms with van der Waals surface area (Å²) in [6.45, 7) is 4.26. The molecule has 1 unspecified atom stereocenters. The lowest BCUT2D eigenvalue weighted by Crippen LogP contribution is -2.37. The maximum Gasteiger partial charge on any atom is 0.276 e. The van der Waals surface area contributed by atoms with E-state index < -0.39 is 0 Å². The molecular weight excluding hydrogens is 386 g/mol. The van der Waals surface area contributed by atoms with Crippen LogP contribution in [0.25, 0.3) is 6.08 Å². The van der Waals surface area contributed by atoms with Gasteiger partial charge in [0.2, 0.25) is 0 Å². The average molecular weight is 414 g/mol. The highest BCUT2D eigenvalue weighted by atomic mass is 35.5. The van der Waals surface area contributed by atoms with Crippen molar-refractivity contribution in [2.75, 3.05) is 32.7 Å². The molecule has 7 heteroatoms. The zero-order valence-electron chi connectivity index (χ0n) is 16.7. The summed E-state index contributed by atoms with van der Waals surface area (Å²) < 4.78 is 1.87. The Bertz CT molecular complexity index is 844. The minimum Gasteiger partial charge on any atom is -0.337 e. The smallest absolute Gasteiger partial charge is 0.276 e. The number of piperidine rings is 2. The maximum atomic E-state index is 12.7. The summed E-state index contributed by atoms with van der Waals surface area (Å²) in [4.78, 5) is 16.9. The van der Waals surface area contributed by atoms with E-state index in [9.17, 15) is 4.79 Å². The van der Waals surface area contributed by atoms with Crippen molar-refractivity contribution in [3.63, 3.8) is 0 Å². The fraction of sp³-hybridized carbons (Fsp3) is 0.500. The van der Waals surface area contributed by atoms with Gasteiger partial charge in [-0.2, -0.15) is 0 Å². The van der Waals surface area contributed by atoms with Gasteiger partial charge in [0.05, 0.1) is 12.2 Å². The molecule has 0 radical (unpaired) electrons. The first-order chi connectivity index (χ1) is 14.2. The second-order valence-corrected chi connectivity index (χ2v) is 8.46. The Morgan fingerprint density at radius 3 is 2.69 bits per heavy atom. The zero-order valence-corrected chi connectivity index (χ0v) is 17.5. The van der Waals surface area contributed by atoms with Crippen LogP contribution in [0.5, 0.6) is 0 Å². The Morgan fingerprint density at radius 2 is 1.90 bits per heavy atom. The maximum absolute atomic E-state index is 12.7. The Hall–Kier alpha value is -2.18. The lowest BCUT2D eigenvalue weighted by atomic mass is 10.1. The van der Waals surface area contributed by atoms with E-state index in [0.29, 0.717) is 5.69 Å². The molecule has 1 aromatic carbocycles. The van der Waals surface area contributed by atoms with Crippen molar-refractivity contribution in [3.05, 3.63) is 52.8 Å². The van der Waals surface area contributed by atoms with Crippen molar-refractivity contribution in [3.8, 4) is 0 Å². The predicted octanol–water partition coefficient (Wildman–Crippen LogP) is 3.82. The van der Waals surface area contributed by atoms with Crippen molar-refractivity contribution in [2.24, 2.45) is 0 Å². The minimum absolute atomic E-state index is 0.0115. The van der Waals surface area contributed by atoms with Gasteiger partial charge in [-0.25, -0.2) is 4.68 Å². The van der Waals surface area contributed by atoms with Crippen molar-refractivity contribution >= 4 is 23.6 Å². The predicted molar refractivity (Wildman–Crippen MR) is 115 cm³/mol. The molecule has 0 spiro atoms. The Labute approximate surface area is 177 Å². The number of carbonyl (C=O) groups is 1. The monoisotopic (exact) mass is 413 g/mol. The summed E-state index contributed by atoms with van der Waals surface area (Å²) in [5.41, 5.74) is 1.58. The number of hydrogen-bond donors (Lipinski definition) is 0. The van der Waals surface area contributed by atoms with Crippen LogP contribution in [0.2, 0.25) is 0 Å². The van der Waals surface area contributed by atoms with Crippen LogP contribution in [0, 0.1) is 0 Å². The summed E-state index contributed by atoms with van der Waals surface area (Å²) in [5.74, 6) is 0.0115. The number of carbonyl (C=O) groups excluding carboxylic acids is 1. The molecule has 2 aromatic rings. The summed E-state index contributed by atoms with van der Waals surface area (Å²) in [5, 5.41) is 9.29. The largest absolute Gasteiger partial charge is 0.337 e. The van der Waals surface area contributed by atoms with Crippen molar-refractivity contribution in [1.82, 2.24) is 24.8 Å². The van der Waals surface area contributed by atoms with Gasteiger partial charge in [0.15, 0.2) is 5.69 Å². The Balaban J connectivity index is 1.36. The van der Waals surface area contributed by atoms with E-state index in [4.69, 9.17) is 11.6 Å². The second kappa shape index (κ2) is 9.55. The first-order valence-corrected chi connectivity index (χ1v) is 10.9. The Morgan fingerprint density at radius 1 is 1.10 bits per heavy atom. The zero-order chi connectivity index (χ0) is 20.1. The lowest BCUT2D eigenvalue weighted by molar-refractivity contribution is 0.0718. The fourth-order valence-corrected chi connectivity index (χ4v) is 4.49. The number of benzene rings is 1. The van der Waals surface area contributed by atoms with Crippen LogP contribution in [-0.4, -0.2) is 63.4 Å². The number of hydrogen-bond acceptors (Lipinski definition) is 4. The molecule has 2 aliphatic heterocycles. The van der Waals surface area contributed by atoms with E-state index in [1.54, 1.807) is 0 Å². The normalized spacial score (nSPS) is 21.3. The molecule has 6 nitrogen and oxygen atoms in total. The van der Waals surface area contributed by atoms with Crippen molar-refractivity contribution in [2.45, 2.75) is 38.1 Å². The van der Waals surface area contributed by atoms with Gasteiger partial charge in [0.1, 0.15) is 0 Å². The lowest BCUT2D eigenvalue weighted by Gasteiger charge is -2.32. The van der Waals surface area contributed by atoms with Gasteiger partial charge in [-0.1, -0.05) is 47.1 Å². The molecule has 3 heterocycles. The van der Waals surface area contributed by atoms with Crippen LogP contribution >= 0.6 is 11.6 Å². The first kappa shape index (κ1) is 20.1. The van der Waals surface area contributed by atoms with Gasteiger partial charge in [0, 0.05) is 31.2 Å². The minimum atomic E-state index is 0.0115. The summed E-state index contributed by atoms with van der Waals surface area (Å²) in [6.07, 6.45) is 9.33. The first-order valence-electron chi connectivity index (χ1n) is 10.5. The number of aromatic nitrogens is 3. The van der Waals surface area contributed by atoms with Crippen LogP contribution in [0.1, 0.15) is 54.2 Å². The van der Waals surface area contributed by atoms with E-state index >= 15 is 0 Å². The molecule has 29 heavy (non-hydrogen) atoms. The van der Waals surface area contributed by atoms with Gasteiger partial charge in [0.25, 0.3) is 5.91 Å². The van der Waals surface area contributed by atoms with E-state index in [2.05, 4.69) is 27.3 Å². The van der Waals surface area contributed by atoms with Crippen LogP contribution in [0.3, 0.4) is 0 Å². The summed E-state index contributed by atoms with van der Waals surface area (Å²) >= 11 is 6.51. The van der Waals surface area contributed by atoms with Crippen LogP contribution in [0.4, 0.5) is 0 Å². The summed E-state index contributed by atoms with van der Waals surface area (Å²) in [6, 6.07) is 10.4. The van der Waals surface area contributed by atoms with Gasteiger partial charge in [-0.05, 0) is 50.3 Å². The molecule has 1 aromatic heterocycles. The molecule has 2 saturated heterocycles. The molecule has 2 fully saturated rings. The molecule has 0 N–H and O–H groups in total. The number of nitrogens with zero attached hydrogens (tertiary/aromatic N) is 5. The van der Waals surface area contributed by atoms with Crippen molar-refractivity contribution < 1.29 is 4.79 Å². The Kier molecular flexibility index (Phi) is 6.62. The molecule has 0 saturated carbocycles. The van der Waals surface area contributed by atoms with E-state index in [1.807, 2.05) is 40.1 Å². The SMILES string of the molecule is O=C(c1cn(C2CCCN(CC(Cl)=Cc3ccccc3)C2)nn1)N1CCCCC1. The van der Waals surface area contributed by atoms with Gasteiger partial charge in [-0.15, -0.1) is 5.10 Å². The number of amides is 1. The van der Waals surface area contributed by atoms with Gasteiger partial charge in [-0.3, -0.25) is 9.69 Å². The average Bonchev–Trinajstić information content (AvgIpc) is 3.25. The van der Waals surface area contributed by atoms with Crippen LogP contribution < -0.4 is 0 Å². The molecule has 0 bridgehead atoms. The van der Waals surface area contributed by atoms with Gasteiger partial charge >= 0.3 is 0 Å². The highest BCUT2D eigenvalue weighted by molar-refractivity contribution is 6.31. The molecular formula is C22H28ClN5O. The van der Waals surface area contributed by atoms with Gasteiger partial charge < -0.3 is 4.90 Å². The number of rotatable bonds is 5. The van der Waals surface area contributed by atoms with Crippen molar-refractivity contribution in [1.29, 1.82) is 0 Å². The third-order valence-electron chi connectivity index (χ3n) is 5.72. The molecule has 1 atom stereocenters. The topological polar surface area (TPSA) is 54.3 Å². The summed E-state index contributed by atoms with van der Waals surface area (Å²) in [7, 11) is 0. The van der Waals surface area contributed by atoms with E-state index in [-0.39, 0.29) is 11.9 Å².